The van der Waals surface area contributed by atoms with E-state index in [1.807, 2.05) is 0 Å². The largest absolute Gasteiger partial charge is 0.394 e. The molecule has 5 heteroatoms. The molecule has 0 aromatic carbocycles. The Morgan fingerprint density at radius 2 is 2.20 bits per heavy atom. The van der Waals surface area contributed by atoms with Crippen LogP contribution in [0.25, 0.3) is 0 Å². The first-order valence-electron chi connectivity index (χ1n) is 5.51. The van der Waals surface area contributed by atoms with Gasteiger partial charge < -0.3 is 20.8 Å². The Morgan fingerprint density at radius 1 is 1.47 bits per heavy atom. The minimum absolute atomic E-state index is 0.113. The van der Waals surface area contributed by atoms with Gasteiger partial charge in [-0.1, -0.05) is 0 Å². The van der Waals surface area contributed by atoms with Crippen LogP contribution in [0, 0.1) is 0 Å². The van der Waals surface area contributed by atoms with Crippen LogP contribution in [0.15, 0.2) is 0 Å². The average Bonchev–Trinajstić information content (AvgIpc) is 3.00. The molecule has 1 atom stereocenters. The number of rotatable bonds is 8. The third kappa shape index (κ3) is 6.43. The molecule has 15 heavy (non-hydrogen) atoms. The molecule has 1 rings (SSSR count). The van der Waals surface area contributed by atoms with Gasteiger partial charge >= 0.3 is 0 Å². The molecule has 1 aliphatic rings. The molecule has 1 fully saturated rings. The van der Waals surface area contributed by atoms with Crippen molar-refractivity contribution in [3.05, 3.63) is 0 Å². The van der Waals surface area contributed by atoms with Gasteiger partial charge in [-0.05, 0) is 25.8 Å². The molecule has 5 nitrogen and oxygen atoms in total. The number of nitrogens with one attached hydrogen (secondary N) is 2. The zero-order chi connectivity index (χ0) is 11.1. The number of aliphatic hydroxyl groups excluding tert-OH is 2. The van der Waals surface area contributed by atoms with Gasteiger partial charge in [0.2, 0.25) is 5.91 Å². The Morgan fingerprint density at radius 3 is 2.80 bits per heavy atom. The fourth-order valence-corrected chi connectivity index (χ4v) is 1.23. The number of carbonyl (C=O) groups is 1. The number of amides is 1. The highest BCUT2D eigenvalue weighted by Gasteiger charge is 2.22. The molecule has 88 valence electrons. The van der Waals surface area contributed by atoms with Gasteiger partial charge in [-0.2, -0.15) is 0 Å². The molecule has 0 bridgehead atoms. The summed E-state index contributed by atoms with van der Waals surface area (Å²) >= 11 is 0. The summed E-state index contributed by atoms with van der Waals surface area (Å²) in [6.45, 7) is 0.838. The predicted molar refractivity (Wildman–Crippen MR) is 56.4 cm³/mol. The lowest BCUT2D eigenvalue weighted by atomic mass is 10.3. The van der Waals surface area contributed by atoms with Gasteiger partial charge in [-0.15, -0.1) is 0 Å². The summed E-state index contributed by atoms with van der Waals surface area (Å²) in [5.74, 6) is 0.113. The van der Waals surface area contributed by atoms with Crippen molar-refractivity contribution in [2.75, 3.05) is 19.7 Å². The van der Waals surface area contributed by atoms with Crippen molar-refractivity contribution >= 4 is 5.91 Å². The molecule has 0 aliphatic heterocycles. The van der Waals surface area contributed by atoms with Crippen molar-refractivity contribution in [3.63, 3.8) is 0 Å². The van der Waals surface area contributed by atoms with E-state index in [0.717, 1.165) is 19.3 Å². The van der Waals surface area contributed by atoms with Crippen LogP contribution in [0.5, 0.6) is 0 Å². The van der Waals surface area contributed by atoms with E-state index in [4.69, 9.17) is 10.2 Å². The first kappa shape index (κ1) is 12.4. The van der Waals surface area contributed by atoms with Gasteiger partial charge in [0.15, 0.2) is 0 Å². The lowest BCUT2D eigenvalue weighted by Gasteiger charge is -2.08. The highest BCUT2D eigenvalue weighted by Crippen LogP contribution is 2.18. The second-order valence-electron chi connectivity index (χ2n) is 3.99. The highest BCUT2D eigenvalue weighted by atomic mass is 16.3. The van der Waals surface area contributed by atoms with E-state index in [-0.39, 0.29) is 12.5 Å². The minimum Gasteiger partial charge on any atom is -0.394 e. The second kappa shape index (κ2) is 6.76. The molecule has 0 aromatic heterocycles. The van der Waals surface area contributed by atoms with Crippen molar-refractivity contribution in [2.24, 2.45) is 0 Å². The van der Waals surface area contributed by atoms with E-state index in [9.17, 15) is 4.79 Å². The molecule has 4 N–H and O–H groups in total. The summed E-state index contributed by atoms with van der Waals surface area (Å²) in [5.41, 5.74) is 0. The van der Waals surface area contributed by atoms with Crippen LogP contribution in [0.3, 0.4) is 0 Å². The van der Waals surface area contributed by atoms with Gasteiger partial charge in [-0.25, -0.2) is 0 Å². The van der Waals surface area contributed by atoms with Crippen molar-refractivity contribution < 1.29 is 15.0 Å². The van der Waals surface area contributed by atoms with Crippen molar-refractivity contribution in [3.8, 4) is 0 Å². The van der Waals surface area contributed by atoms with Crippen LogP contribution in [-0.2, 0) is 4.79 Å². The summed E-state index contributed by atoms with van der Waals surface area (Å²) in [6.07, 6.45) is 2.82. The molecule has 0 radical (unpaired) electrons. The van der Waals surface area contributed by atoms with Crippen LogP contribution >= 0.6 is 0 Å². The normalized spacial score (nSPS) is 17.5. The van der Waals surface area contributed by atoms with Crippen LogP contribution < -0.4 is 10.6 Å². The smallest absolute Gasteiger partial charge is 0.220 e. The average molecular weight is 216 g/mol. The number of aliphatic hydroxyl groups is 2. The SMILES string of the molecule is O=C(CCCNC[C@H](O)CO)NC1CC1. The van der Waals surface area contributed by atoms with Crippen molar-refractivity contribution in [1.82, 2.24) is 10.6 Å². The Kier molecular flexibility index (Phi) is 5.60. The fourth-order valence-electron chi connectivity index (χ4n) is 1.23. The summed E-state index contributed by atoms with van der Waals surface area (Å²) < 4.78 is 0. The number of hydrogen-bond acceptors (Lipinski definition) is 4. The molecule has 0 aromatic rings. The predicted octanol–water partition coefficient (Wildman–Crippen LogP) is -1.01. The lowest BCUT2D eigenvalue weighted by molar-refractivity contribution is -0.121. The lowest BCUT2D eigenvalue weighted by Crippen LogP contribution is -2.31. The molecular formula is C10H20N2O3. The molecule has 1 amide bonds. The van der Waals surface area contributed by atoms with Crippen LogP contribution in [0.2, 0.25) is 0 Å². The quantitative estimate of drug-likeness (QED) is 0.392. The molecule has 1 saturated carbocycles. The maximum absolute atomic E-state index is 11.2. The Hall–Kier alpha value is -0.650. The summed E-state index contributed by atoms with van der Waals surface area (Å²) in [7, 11) is 0. The second-order valence-corrected chi connectivity index (χ2v) is 3.99. The van der Waals surface area contributed by atoms with E-state index >= 15 is 0 Å². The standard InChI is InChI=1S/C10H20N2O3/c13-7-9(14)6-11-5-1-2-10(15)12-8-3-4-8/h8-9,11,13-14H,1-7H2,(H,12,15)/t9-/m0/s1. The maximum atomic E-state index is 11.2. The van der Waals surface area contributed by atoms with Gasteiger partial charge in [0.25, 0.3) is 0 Å². The van der Waals surface area contributed by atoms with E-state index in [1.165, 1.54) is 0 Å². The van der Waals surface area contributed by atoms with Crippen molar-refractivity contribution in [2.45, 2.75) is 37.8 Å². The van der Waals surface area contributed by atoms with Gasteiger partial charge in [-0.3, -0.25) is 4.79 Å². The topological polar surface area (TPSA) is 81.6 Å². The maximum Gasteiger partial charge on any atom is 0.220 e. The Bertz CT molecular complexity index is 195. The molecule has 0 saturated heterocycles. The highest BCUT2D eigenvalue weighted by molar-refractivity contribution is 5.76. The monoisotopic (exact) mass is 216 g/mol. The number of hydrogen-bond donors (Lipinski definition) is 4. The van der Waals surface area contributed by atoms with Crippen LogP contribution in [-0.4, -0.2) is 48.0 Å². The molecular weight excluding hydrogens is 196 g/mol. The van der Waals surface area contributed by atoms with Crippen molar-refractivity contribution in [1.29, 1.82) is 0 Å². The van der Waals surface area contributed by atoms with E-state index in [1.54, 1.807) is 0 Å². The van der Waals surface area contributed by atoms with E-state index < -0.39 is 6.10 Å². The first-order chi connectivity index (χ1) is 7.22. The summed E-state index contributed by atoms with van der Waals surface area (Å²) in [5, 5.41) is 23.4. The van der Waals surface area contributed by atoms with E-state index in [2.05, 4.69) is 10.6 Å². The van der Waals surface area contributed by atoms with Gasteiger partial charge in [0, 0.05) is 19.0 Å². The third-order valence-corrected chi connectivity index (χ3v) is 2.29. The Balaban J connectivity index is 1.85. The Labute approximate surface area is 89.9 Å². The summed E-state index contributed by atoms with van der Waals surface area (Å²) in [4.78, 5) is 11.2. The minimum atomic E-state index is -0.703. The fraction of sp³-hybridized carbons (Fsp3) is 0.900. The summed E-state index contributed by atoms with van der Waals surface area (Å²) in [6, 6.07) is 0.432. The zero-order valence-corrected chi connectivity index (χ0v) is 8.91. The van der Waals surface area contributed by atoms with E-state index in [0.29, 0.717) is 25.6 Å². The van der Waals surface area contributed by atoms with Gasteiger partial charge in [0.1, 0.15) is 0 Å². The molecule has 0 unspecified atom stereocenters. The first-order valence-corrected chi connectivity index (χ1v) is 5.51. The third-order valence-electron chi connectivity index (χ3n) is 2.29. The van der Waals surface area contributed by atoms with Gasteiger partial charge in [0.05, 0.1) is 12.7 Å². The zero-order valence-electron chi connectivity index (χ0n) is 8.91. The molecule has 1 aliphatic carbocycles. The van der Waals surface area contributed by atoms with Crippen LogP contribution in [0.4, 0.5) is 0 Å². The van der Waals surface area contributed by atoms with Crippen LogP contribution in [0.1, 0.15) is 25.7 Å². The number of carbonyl (C=O) groups excluding carboxylic acids is 1. The molecule has 0 heterocycles. The molecule has 0 spiro atoms.